The fourth-order valence-electron chi connectivity index (χ4n) is 2.37. The van der Waals surface area contributed by atoms with E-state index in [-0.39, 0.29) is 22.5 Å². The van der Waals surface area contributed by atoms with E-state index in [9.17, 15) is 21.6 Å². The molecule has 0 aliphatic carbocycles. The van der Waals surface area contributed by atoms with Gasteiger partial charge in [-0.1, -0.05) is 26.0 Å². The van der Waals surface area contributed by atoms with E-state index < -0.39 is 27.3 Å². The van der Waals surface area contributed by atoms with Gasteiger partial charge >= 0.3 is 6.08 Å². The fourth-order valence-corrected chi connectivity index (χ4v) is 3.10. The average Bonchev–Trinajstić information content (AvgIpc) is 2.74. The number of rotatable bonds is 8. The van der Waals surface area contributed by atoms with E-state index in [1.54, 1.807) is 31.2 Å². The maximum atomic E-state index is 13.9. The number of halogens is 1. The van der Waals surface area contributed by atoms with E-state index in [1.807, 2.05) is 13.8 Å². The van der Waals surface area contributed by atoms with Gasteiger partial charge in [-0.15, -0.1) is 0 Å². The zero-order valence-electron chi connectivity index (χ0n) is 18.2. The van der Waals surface area contributed by atoms with Crippen LogP contribution in [0, 0.1) is 13.0 Å². The van der Waals surface area contributed by atoms with Gasteiger partial charge in [0.1, 0.15) is 0 Å². The summed E-state index contributed by atoms with van der Waals surface area (Å²) in [7, 11) is -4.42. The molecule has 33 heavy (non-hydrogen) atoms. The minimum absolute atomic E-state index is 0.129. The highest BCUT2D eigenvalue weighted by molar-refractivity contribution is 7.85. The van der Waals surface area contributed by atoms with Crippen LogP contribution in [0.15, 0.2) is 47.4 Å². The van der Waals surface area contributed by atoms with Crippen LogP contribution in [-0.2, 0) is 25.5 Å². The van der Waals surface area contributed by atoms with Crippen molar-refractivity contribution in [1.29, 1.82) is 0 Å². The Kier molecular flexibility index (Phi) is 9.16. The van der Waals surface area contributed by atoms with Gasteiger partial charge in [0.2, 0.25) is 11.9 Å². The number of aryl methyl sites for hydroxylation is 1. The maximum absolute atomic E-state index is 13.9. The average molecular weight is 499 g/mol. The number of nitrogens with zero attached hydrogens (tertiary/aromatic N) is 3. The quantitative estimate of drug-likeness (QED) is 0.265. The molecular weight excluding hydrogens is 475 g/mol. The highest BCUT2D eigenvalue weighted by Gasteiger charge is 2.13. The highest BCUT2D eigenvalue weighted by atomic mass is 32.2. The molecule has 0 saturated heterocycles. The number of anilines is 5. The Morgan fingerprint density at radius 3 is 2.27 bits per heavy atom. The van der Waals surface area contributed by atoms with E-state index in [2.05, 4.69) is 31.1 Å². The second-order valence-corrected chi connectivity index (χ2v) is 8.51. The molecule has 1 aromatic heterocycles. The minimum Gasteiger partial charge on any atom is -0.324 e. The summed E-state index contributed by atoms with van der Waals surface area (Å²) in [6, 6.07) is 10.4. The maximum Gasteiger partial charge on any atom is 0.315 e. The van der Waals surface area contributed by atoms with Gasteiger partial charge < -0.3 is 10.6 Å². The number of aromatic nitrogens is 3. The normalized spacial score (nSPS) is 11.7. The van der Waals surface area contributed by atoms with Gasteiger partial charge in [-0.3, -0.25) is 10.0 Å². The van der Waals surface area contributed by atoms with Crippen LogP contribution in [0.4, 0.5) is 33.3 Å². The first-order chi connectivity index (χ1) is 15.6. The summed E-state index contributed by atoms with van der Waals surface area (Å²) >= 11 is -1.52. The van der Waals surface area contributed by atoms with Crippen LogP contribution < -0.4 is 16.1 Å². The topological polar surface area (TPSA) is 155 Å². The predicted octanol–water partition coefficient (Wildman–Crippen LogP) is 3.72. The fraction of sp³-hybridized carbons (Fsp3) is 0.211. The van der Waals surface area contributed by atoms with Gasteiger partial charge in [0.15, 0.2) is 11.1 Å². The lowest BCUT2D eigenvalue weighted by molar-refractivity contribution is 0.440. The van der Waals surface area contributed by atoms with Crippen LogP contribution in [0.1, 0.15) is 19.4 Å². The summed E-state index contributed by atoms with van der Waals surface area (Å²) in [6.07, 6.45) is 0.271. The number of hydrogen-bond acceptors (Lipinski definition) is 10. The summed E-state index contributed by atoms with van der Waals surface area (Å²) in [5.74, 6) is -0.319. The minimum atomic E-state index is -4.42. The summed E-state index contributed by atoms with van der Waals surface area (Å²) < 4.78 is 61.7. The second kappa shape index (κ2) is 11.6. The van der Waals surface area contributed by atoms with Gasteiger partial charge in [-0.05, 0) is 42.8 Å². The highest BCUT2D eigenvalue weighted by Crippen LogP contribution is 2.24. The molecule has 1 heterocycles. The summed E-state index contributed by atoms with van der Waals surface area (Å²) in [5, 5.41) is 5.51. The third-order valence-electron chi connectivity index (χ3n) is 3.76. The molecule has 1 unspecified atom stereocenters. The van der Waals surface area contributed by atoms with Crippen molar-refractivity contribution in [2.75, 3.05) is 22.4 Å². The molecule has 3 rings (SSSR count). The molecule has 0 amide bonds. The zero-order chi connectivity index (χ0) is 24.6. The van der Waals surface area contributed by atoms with Crippen molar-refractivity contribution in [3.8, 4) is 0 Å². The van der Waals surface area contributed by atoms with Gasteiger partial charge in [-0.2, -0.15) is 32.0 Å². The van der Waals surface area contributed by atoms with Crippen molar-refractivity contribution in [3.63, 3.8) is 0 Å². The molecule has 14 heteroatoms. The van der Waals surface area contributed by atoms with E-state index in [1.165, 1.54) is 24.5 Å². The van der Waals surface area contributed by atoms with Crippen molar-refractivity contribution in [2.24, 2.45) is 0 Å². The molecule has 0 aliphatic heterocycles. The Morgan fingerprint density at radius 2 is 1.64 bits per heavy atom. The monoisotopic (exact) mass is 498 g/mol. The second-order valence-electron chi connectivity index (χ2n) is 6.12. The molecule has 0 saturated carbocycles. The summed E-state index contributed by atoms with van der Waals surface area (Å²) in [4.78, 5) is 10.9. The number of nitrogens with one attached hydrogen (secondary N) is 3. The van der Waals surface area contributed by atoms with Crippen molar-refractivity contribution in [1.82, 2.24) is 15.0 Å². The molecule has 178 valence electrons. The van der Waals surface area contributed by atoms with Crippen LogP contribution in [-0.4, -0.2) is 38.4 Å². The molecule has 4 N–H and O–H groups in total. The smallest absolute Gasteiger partial charge is 0.315 e. The van der Waals surface area contributed by atoms with Crippen molar-refractivity contribution in [2.45, 2.75) is 25.7 Å². The largest absolute Gasteiger partial charge is 0.324 e. The lowest BCUT2D eigenvalue weighted by Gasteiger charge is -2.11. The van der Waals surface area contributed by atoms with E-state index in [0.717, 1.165) is 0 Å². The van der Waals surface area contributed by atoms with Crippen molar-refractivity contribution < 1.29 is 25.9 Å². The Labute approximate surface area is 193 Å². The number of benzene rings is 2. The Morgan fingerprint density at radius 1 is 1.00 bits per heavy atom. The van der Waals surface area contributed by atoms with Crippen LogP contribution in [0.3, 0.4) is 0 Å². The Hall–Kier alpha value is -3.20. The molecule has 3 aromatic rings. The Bertz CT molecular complexity index is 1240. The van der Waals surface area contributed by atoms with Crippen LogP contribution >= 0.6 is 0 Å². The van der Waals surface area contributed by atoms with Gasteiger partial charge in [0, 0.05) is 17.6 Å². The predicted molar refractivity (Wildman–Crippen MR) is 124 cm³/mol. The van der Waals surface area contributed by atoms with Crippen LogP contribution in [0.25, 0.3) is 0 Å². The molecule has 0 bridgehead atoms. The first-order valence-corrected chi connectivity index (χ1v) is 12.4. The van der Waals surface area contributed by atoms with Gasteiger partial charge in [0.25, 0.3) is 10.1 Å². The third kappa shape index (κ3) is 8.02. The van der Waals surface area contributed by atoms with Crippen molar-refractivity contribution in [3.05, 3.63) is 54.1 Å². The van der Waals surface area contributed by atoms with E-state index >= 15 is 0 Å². The molecule has 0 radical (unpaired) electrons. The first-order valence-electron chi connectivity index (χ1n) is 9.51. The summed E-state index contributed by atoms with van der Waals surface area (Å²) in [6.45, 7) is 5.68. The standard InChI is InChI=1S/C17H17FN6O5S2.C2H6/c1-10-6-7-13(31(26,27)28)9-14(10)20-17-22-15(18)21-16(23-17)19-11-4-3-5-12(8-11)24-29-30(2)25;1-2/h3-9,24H,1-2H3,(H,26,27,28)(H2,19,20,21,22,23);1-2H3. The zero-order valence-corrected chi connectivity index (χ0v) is 19.8. The molecule has 11 nitrogen and oxygen atoms in total. The molecule has 1 atom stereocenters. The Balaban J connectivity index is 0.00000187. The molecule has 0 fully saturated rings. The van der Waals surface area contributed by atoms with Crippen LogP contribution in [0.2, 0.25) is 0 Å². The first kappa shape index (κ1) is 26.1. The number of hydrogen-bond donors (Lipinski definition) is 4. The van der Waals surface area contributed by atoms with Crippen molar-refractivity contribution >= 4 is 50.2 Å². The molecule has 0 aliphatic rings. The lowest BCUT2D eigenvalue weighted by atomic mass is 10.2. The molecule has 2 aromatic carbocycles. The third-order valence-corrected chi connectivity index (χ3v) is 4.92. The van der Waals surface area contributed by atoms with Gasteiger partial charge in [-0.25, -0.2) is 4.21 Å². The summed E-state index contributed by atoms with van der Waals surface area (Å²) in [5.41, 5.74) is 4.31. The molecule has 0 spiro atoms. The lowest BCUT2D eigenvalue weighted by Crippen LogP contribution is -2.08. The van der Waals surface area contributed by atoms with Crippen LogP contribution in [0.5, 0.6) is 0 Å². The van der Waals surface area contributed by atoms with E-state index in [0.29, 0.717) is 16.9 Å². The van der Waals surface area contributed by atoms with E-state index in [4.69, 9.17) is 4.28 Å². The SMILES string of the molecule is CC.Cc1ccc(S(=O)(=O)O)cc1Nc1nc(F)nc(Nc2cccc(NOS(C)=O)c2)n1. The van der Waals surface area contributed by atoms with Gasteiger partial charge in [0.05, 0.1) is 10.6 Å². The molecular formula is C19H23FN6O5S2.